The third-order valence-corrected chi connectivity index (χ3v) is 4.75. The van der Waals surface area contributed by atoms with Gasteiger partial charge in [-0.25, -0.2) is 0 Å². The highest BCUT2D eigenvalue weighted by Crippen LogP contribution is 2.29. The number of aryl methyl sites for hydroxylation is 2. The lowest BCUT2D eigenvalue weighted by Gasteiger charge is -2.14. The van der Waals surface area contributed by atoms with Crippen molar-refractivity contribution in [1.29, 1.82) is 0 Å². The van der Waals surface area contributed by atoms with Gasteiger partial charge in [-0.2, -0.15) is 0 Å². The number of benzene rings is 2. The topological polar surface area (TPSA) is 46.6 Å². The van der Waals surface area contributed by atoms with Crippen LogP contribution in [0.1, 0.15) is 64.1 Å². The van der Waals surface area contributed by atoms with E-state index in [4.69, 9.17) is 4.74 Å². The van der Waals surface area contributed by atoms with E-state index in [2.05, 4.69) is 26.0 Å². The molecule has 154 valence electrons. The minimum atomic E-state index is -0.103. The Labute approximate surface area is 174 Å². The second-order valence-electron chi connectivity index (χ2n) is 7.35. The van der Waals surface area contributed by atoms with Gasteiger partial charge in [0.1, 0.15) is 5.75 Å². The summed E-state index contributed by atoms with van der Waals surface area (Å²) in [6.07, 6.45) is 7.45. The summed E-state index contributed by atoms with van der Waals surface area (Å²) >= 11 is 0. The molecule has 0 bridgehead atoms. The summed E-state index contributed by atoms with van der Waals surface area (Å²) in [5.74, 6) is 0.650. The van der Waals surface area contributed by atoms with Crippen molar-refractivity contribution in [3.05, 3.63) is 70.3 Å². The van der Waals surface area contributed by atoms with E-state index in [0.29, 0.717) is 11.1 Å². The van der Waals surface area contributed by atoms with Gasteiger partial charge in [0.05, 0.1) is 7.11 Å². The van der Waals surface area contributed by atoms with Crippen LogP contribution in [0.25, 0.3) is 6.08 Å². The highest BCUT2D eigenvalue weighted by molar-refractivity contribution is 6.07. The average molecular weight is 394 g/mol. The van der Waals surface area contributed by atoms with E-state index in [1.807, 2.05) is 6.08 Å². The van der Waals surface area contributed by atoms with Crippen molar-refractivity contribution in [2.45, 2.75) is 39.5 Å². The first-order valence-electron chi connectivity index (χ1n) is 10.1. The Kier molecular flexibility index (Phi) is 8.20. The van der Waals surface area contributed by atoms with Crippen molar-refractivity contribution in [3.63, 3.8) is 0 Å². The number of allylic oxidation sites excluding steroid dienone is 1. The molecule has 0 radical (unpaired) electrons. The number of amides is 1. The summed E-state index contributed by atoms with van der Waals surface area (Å²) in [6.45, 7) is 4.31. The lowest BCUT2D eigenvalue weighted by Crippen LogP contribution is -2.21. The van der Waals surface area contributed by atoms with Gasteiger partial charge in [-0.05, 0) is 54.3 Å². The van der Waals surface area contributed by atoms with E-state index in [0.717, 1.165) is 37.0 Å². The molecule has 4 nitrogen and oxygen atoms in total. The van der Waals surface area contributed by atoms with Crippen LogP contribution in [0.3, 0.4) is 0 Å². The zero-order valence-corrected chi connectivity index (χ0v) is 18.1. The van der Waals surface area contributed by atoms with Gasteiger partial charge in [-0.1, -0.05) is 44.9 Å². The second-order valence-corrected chi connectivity index (χ2v) is 7.35. The van der Waals surface area contributed by atoms with Crippen LogP contribution in [0.4, 0.5) is 0 Å². The summed E-state index contributed by atoms with van der Waals surface area (Å²) in [5, 5.41) is 0. The van der Waals surface area contributed by atoms with Crippen molar-refractivity contribution >= 4 is 17.8 Å². The molecule has 0 unspecified atom stereocenters. The molecule has 1 amide bonds. The molecule has 0 heterocycles. The van der Waals surface area contributed by atoms with Gasteiger partial charge >= 0.3 is 0 Å². The fourth-order valence-corrected chi connectivity index (χ4v) is 3.34. The van der Waals surface area contributed by atoms with Crippen LogP contribution in [0.5, 0.6) is 5.75 Å². The molecule has 0 saturated carbocycles. The van der Waals surface area contributed by atoms with E-state index in [1.54, 1.807) is 51.5 Å². The monoisotopic (exact) mass is 393 g/mol. The molecule has 0 atom stereocenters. The number of carbonyl (C=O) groups is 2. The third kappa shape index (κ3) is 5.80. The highest BCUT2D eigenvalue weighted by Gasteiger charge is 2.11. The first-order chi connectivity index (χ1) is 13.9. The maximum Gasteiger partial charge on any atom is 0.253 e. The van der Waals surface area contributed by atoms with Crippen molar-refractivity contribution in [3.8, 4) is 5.75 Å². The molecular formula is C25H31NO3. The molecule has 0 aliphatic heterocycles. The Morgan fingerprint density at radius 1 is 0.966 bits per heavy atom. The van der Waals surface area contributed by atoms with Crippen molar-refractivity contribution in [2.75, 3.05) is 21.2 Å². The first-order valence-corrected chi connectivity index (χ1v) is 10.1. The fraction of sp³-hybridized carbons (Fsp3) is 0.360. The van der Waals surface area contributed by atoms with Crippen LogP contribution in [0, 0.1) is 0 Å². The first kappa shape index (κ1) is 22.4. The molecule has 2 aromatic carbocycles. The fourth-order valence-electron chi connectivity index (χ4n) is 3.34. The molecule has 0 fully saturated rings. The van der Waals surface area contributed by atoms with E-state index in [9.17, 15) is 9.59 Å². The van der Waals surface area contributed by atoms with Gasteiger partial charge in [0.25, 0.3) is 5.91 Å². The van der Waals surface area contributed by atoms with E-state index in [-0.39, 0.29) is 11.7 Å². The Morgan fingerprint density at radius 2 is 1.59 bits per heavy atom. The Morgan fingerprint density at radius 3 is 2.14 bits per heavy atom. The standard InChI is InChI=1S/C25H31NO3/c1-6-8-18-16-21(9-7-2)24(29-5)22(17-18)14-15-23(27)19-10-12-20(13-11-19)25(28)26(3)4/h10-17H,6-9H2,1-5H3/b15-14+. The van der Waals surface area contributed by atoms with Crippen LogP contribution < -0.4 is 4.74 Å². The van der Waals surface area contributed by atoms with E-state index >= 15 is 0 Å². The highest BCUT2D eigenvalue weighted by atomic mass is 16.5. The number of methoxy groups -OCH3 is 1. The molecule has 2 rings (SSSR count). The SMILES string of the molecule is CCCc1cc(/C=C/C(=O)c2ccc(C(=O)N(C)C)cc2)c(OC)c(CCC)c1. The number of ketones is 1. The minimum absolute atomic E-state index is 0.0829. The molecule has 29 heavy (non-hydrogen) atoms. The van der Waals surface area contributed by atoms with Gasteiger partial charge in [0.2, 0.25) is 0 Å². The number of nitrogens with zero attached hydrogens (tertiary/aromatic N) is 1. The summed E-state index contributed by atoms with van der Waals surface area (Å²) in [4.78, 5) is 26.1. The summed E-state index contributed by atoms with van der Waals surface area (Å²) in [7, 11) is 5.08. The van der Waals surface area contributed by atoms with E-state index < -0.39 is 0 Å². The van der Waals surface area contributed by atoms with Gasteiger partial charge in [-0.15, -0.1) is 0 Å². The Bertz CT molecular complexity index is 880. The van der Waals surface area contributed by atoms with Crippen LogP contribution in [-0.4, -0.2) is 37.8 Å². The number of hydrogen-bond donors (Lipinski definition) is 0. The van der Waals surface area contributed by atoms with Crippen molar-refractivity contribution in [2.24, 2.45) is 0 Å². The summed E-state index contributed by atoms with van der Waals surface area (Å²) in [5.41, 5.74) is 4.48. The number of rotatable bonds is 9. The predicted octanol–water partition coefficient (Wildman–Crippen LogP) is 5.20. The lowest BCUT2D eigenvalue weighted by molar-refractivity contribution is 0.0827. The number of carbonyl (C=O) groups excluding carboxylic acids is 2. The zero-order valence-electron chi connectivity index (χ0n) is 18.1. The van der Waals surface area contributed by atoms with Crippen LogP contribution >= 0.6 is 0 Å². The van der Waals surface area contributed by atoms with Gasteiger partial charge in [0.15, 0.2) is 5.78 Å². The van der Waals surface area contributed by atoms with Gasteiger partial charge < -0.3 is 9.64 Å². The van der Waals surface area contributed by atoms with Gasteiger partial charge in [0, 0.05) is 30.8 Å². The lowest BCUT2D eigenvalue weighted by atomic mass is 9.97. The van der Waals surface area contributed by atoms with Crippen LogP contribution in [-0.2, 0) is 12.8 Å². The Balaban J connectivity index is 2.29. The smallest absolute Gasteiger partial charge is 0.253 e. The van der Waals surface area contributed by atoms with Gasteiger partial charge in [-0.3, -0.25) is 9.59 Å². The molecule has 0 spiro atoms. The third-order valence-electron chi connectivity index (χ3n) is 4.75. The van der Waals surface area contributed by atoms with Crippen LogP contribution in [0.2, 0.25) is 0 Å². The maximum atomic E-state index is 12.6. The van der Waals surface area contributed by atoms with Crippen molar-refractivity contribution < 1.29 is 14.3 Å². The van der Waals surface area contributed by atoms with Crippen molar-refractivity contribution in [1.82, 2.24) is 4.90 Å². The molecule has 4 heteroatoms. The summed E-state index contributed by atoms with van der Waals surface area (Å²) in [6, 6.07) is 11.1. The molecule has 0 N–H and O–H groups in total. The minimum Gasteiger partial charge on any atom is -0.496 e. The largest absolute Gasteiger partial charge is 0.496 e. The predicted molar refractivity (Wildman–Crippen MR) is 119 cm³/mol. The Hall–Kier alpha value is -2.88. The maximum absolute atomic E-state index is 12.6. The molecule has 0 aromatic heterocycles. The van der Waals surface area contributed by atoms with E-state index in [1.165, 1.54) is 16.0 Å². The average Bonchev–Trinajstić information content (AvgIpc) is 2.72. The number of hydrogen-bond acceptors (Lipinski definition) is 3. The zero-order chi connectivity index (χ0) is 21.4. The molecule has 0 aliphatic carbocycles. The molecule has 0 saturated heterocycles. The number of ether oxygens (including phenoxy) is 1. The van der Waals surface area contributed by atoms with Crippen LogP contribution in [0.15, 0.2) is 42.5 Å². The molecular weight excluding hydrogens is 362 g/mol. The molecule has 2 aromatic rings. The second kappa shape index (κ2) is 10.6. The quantitative estimate of drug-likeness (QED) is 0.435. The molecule has 0 aliphatic rings. The summed E-state index contributed by atoms with van der Waals surface area (Å²) < 4.78 is 5.66. The normalized spacial score (nSPS) is 10.9.